The third kappa shape index (κ3) is 7.32. The van der Waals surface area contributed by atoms with Gasteiger partial charge in [-0.15, -0.1) is 0 Å². The Labute approximate surface area is 128 Å². The second-order valence-corrected chi connectivity index (χ2v) is 6.31. The Morgan fingerprint density at radius 2 is 2.10 bits per heavy atom. The fourth-order valence-electron chi connectivity index (χ4n) is 2.42. The van der Waals surface area contributed by atoms with Crippen molar-refractivity contribution in [2.75, 3.05) is 38.8 Å². The van der Waals surface area contributed by atoms with Gasteiger partial charge in [-0.1, -0.05) is 24.3 Å². The lowest BCUT2D eigenvalue weighted by Crippen LogP contribution is -2.27. The highest BCUT2D eigenvalue weighted by Gasteiger charge is 2.10. The van der Waals surface area contributed by atoms with Crippen LogP contribution < -0.4 is 5.32 Å². The van der Waals surface area contributed by atoms with E-state index in [-0.39, 0.29) is 0 Å². The number of hydrogen-bond donors (Lipinski definition) is 1. The first kappa shape index (κ1) is 17.5. The topological polar surface area (TPSA) is 21.3 Å². The van der Waals surface area contributed by atoms with Crippen molar-refractivity contribution in [3.63, 3.8) is 0 Å². The van der Waals surface area contributed by atoms with E-state index in [0.29, 0.717) is 0 Å². The molecule has 0 aliphatic rings. The van der Waals surface area contributed by atoms with Crippen molar-refractivity contribution < 1.29 is 4.74 Å². The molecule has 1 N–H and O–H groups in total. The molecule has 1 unspecified atom stereocenters. The Morgan fingerprint density at radius 1 is 1.30 bits per heavy atom. The van der Waals surface area contributed by atoms with Crippen molar-refractivity contribution in [2.24, 2.45) is 5.92 Å². The van der Waals surface area contributed by atoms with Crippen LogP contribution in [0.1, 0.15) is 24.0 Å². The zero-order chi connectivity index (χ0) is 14.6. The van der Waals surface area contributed by atoms with Crippen LogP contribution in [0.25, 0.3) is 0 Å². The summed E-state index contributed by atoms with van der Waals surface area (Å²) < 4.78 is 5.09. The summed E-state index contributed by atoms with van der Waals surface area (Å²) in [4.78, 5) is 0. The number of aryl methyl sites for hydroxylation is 1. The highest BCUT2D eigenvalue weighted by atomic mass is 32.2. The summed E-state index contributed by atoms with van der Waals surface area (Å²) in [6.07, 6.45) is 5.98. The molecule has 0 saturated heterocycles. The van der Waals surface area contributed by atoms with Crippen LogP contribution in [-0.2, 0) is 11.2 Å². The van der Waals surface area contributed by atoms with E-state index in [4.69, 9.17) is 4.74 Å². The molecule has 0 amide bonds. The van der Waals surface area contributed by atoms with Gasteiger partial charge in [-0.05, 0) is 61.8 Å². The standard InChI is InChI=1S/C17H29NOS/c1-15-7-4-5-9-17(15)13-16(8-6-12-20-3)14-18-10-11-19-2/h4-5,7,9,16,18H,6,8,10-14H2,1-3H3. The summed E-state index contributed by atoms with van der Waals surface area (Å²) in [5.41, 5.74) is 2.91. The molecule has 0 saturated carbocycles. The highest BCUT2D eigenvalue weighted by Crippen LogP contribution is 2.17. The Balaban J connectivity index is 2.46. The Morgan fingerprint density at radius 3 is 2.80 bits per heavy atom. The Bertz CT molecular complexity index is 357. The molecule has 3 heteroatoms. The van der Waals surface area contributed by atoms with Gasteiger partial charge in [0.15, 0.2) is 0 Å². The molecule has 1 rings (SSSR count). The minimum Gasteiger partial charge on any atom is -0.383 e. The molecule has 0 spiro atoms. The molecule has 0 aromatic heterocycles. The minimum atomic E-state index is 0.722. The van der Waals surface area contributed by atoms with Crippen LogP contribution in [0, 0.1) is 12.8 Å². The van der Waals surface area contributed by atoms with Gasteiger partial charge >= 0.3 is 0 Å². The van der Waals surface area contributed by atoms with E-state index in [1.165, 1.54) is 36.1 Å². The lowest BCUT2D eigenvalue weighted by atomic mass is 9.92. The summed E-state index contributed by atoms with van der Waals surface area (Å²) >= 11 is 1.94. The monoisotopic (exact) mass is 295 g/mol. The zero-order valence-corrected chi connectivity index (χ0v) is 14.0. The van der Waals surface area contributed by atoms with Crippen molar-refractivity contribution in [2.45, 2.75) is 26.2 Å². The first-order valence-electron chi connectivity index (χ1n) is 7.51. The van der Waals surface area contributed by atoms with Gasteiger partial charge in [0.05, 0.1) is 6.61 Å². The average molecular weight is 295 g/mol. The van der Waals surface area contributed by atoms with Gasteiger partial charge in [0.2, 0.25) is 0 Å². The fourth-order valence-corrected chi connectivity index (χ4v) is 2.88. The van der Waals surface area contributed by atoms with Gasteiger partial charge in [-0.3, -0.25) is 0 Å². The first-order valence-corrected chi connectivity index (χ1v) is 8.90. The van der Waals surface area contributed by atoms with Gasteiger partial charge < -0.3 is 10.1 Å². The van der Waals surface area contributed by atoms with E-state index in [1.54, 1.807) is 7.11 Å². The van der Waals surface area contributed by atoms with Crippen LogP contribution in [-0.4, -0.2) is 38.8 Å². The molecule has 114 valence electrons. The smallest absolute Gasteiger partial charge is 0.0587 e. The normalized spacial score (nSPS) is 12.6. The number of thioether (sulfide) groups is 1. The minimum absolute atomic E-state index is 0.722. The summed E-state index contributed by atoms with van der Waals surface area (Å²) in [6.45, 7) is 5.05. The van der Waals surface area contributed by atoms with E-state index < -0.39 is 0 Å². The van der Waals surface area contributed by atoms with Crippen LogP contribution in [0.2, 0.25) is 0 Å². The molecule has 0 bridgehead atoms. The molecule has 1 aromatic rings. The molecular formula is C17H29NOS. The van der Waals surface area contributed by atoms with Crippen LogP contribution >= 0.6 is 11.8 Å². The van der Waals surface area contributed by atoms with Crippen LogP contribution in [0.4, 0.5) is 0 Å². The van der Waals surface area contributed by atoms with Gasteiger partial charge in [-0.25, -0.2) is 0 Å². The van der Waals surface area contributed by atoms with Crippen molar-refractivity contribution in [1.29, 1.82) is 0 Å². The molecule has 0 fully saturated rings. The third-order valence-corrected chi connectivity index (χ3v) is 4.34. The van der Waals surface area contributed by atoms with Gasteiger partial charge in [-0.2, -0.15) is 11.8 Å². The van der Waals surface area contributed by atoms with Crippen molar-refractivity contribution in [3.05, 3.63) is 35.4 Å². The molecule has 0 heterocycles. The predicted molar refractivity (Wildman–Crippen MR) is 90.7 cm³/mol. The number of hydrogen-bond acceptors (Lipinski definition) is 3. The van der Waals surface area contributed by atoms with Gasteiger partial charge in [0, 0.05) is 13.7 Å². The van der Waals surface area contributed by atoms with Crippen LogP contribution in [0.5, 0.6) is 0 Å². The summed E-state index contributed by atoms with van der Waals surface area (Å²) in [6, 6.07) is 8.76. The molecule has 0 aliphatic carbocycles. The molecule has 0 radical (unpaired) electrons. The van der Waals surface area contributed by atoms with Gasteiger partial charge in [0.1, 0.15) is 0 Å². The number of rotatable bonds is 11. The summed E-state index contributed by atoms with van der Waals surface area (Å²) in [5.74, 6) is 1.99. The molecule has 20 heavy (non-hydrogen) atoms. The second-order valence-electron chi connectivity index (χ2n) is 5.33. The lowest BCUT2D eigenvalue weighted by molar-refractivity contribution is 0.197. The van der Waals surface area contributed by atoms with E-state index in [1.807, 2.05) is 11.8 Å². The molecule has 2 nitrogen and oxygen atoms in total. The predicted octanol–water partition coefficient (Wildman–Crippen LogP) is 3.53. The number of nitrogens with one attached hydrogen (secondary N) is 1. The van der Waals surface area contributed by atoms with E-state index in [2.05, 4.69) is 42.8 Å². The third-order valence-electron chi connectivity index (χ3n) is 3.65. The molecular weight excluding hydrogens is 266 g/mol. The molecule has 1 aromatic carbocycles. The summed E-state index contributed by atoms with van der Waals surface area (Å²) in [7, 11) is 1.75. The first-order chi connectivity index (χ1) is 9.77. The summed E-state index contributed by atoms with van der Waals surface area (Å²) in [5, 5.41) is 3.52. The van der Waals surface area contributed by atoms with E-state index >= 15 is 0 Å². The zero-order valence-electron chi connectivity index (χ0n) is 13.2. The van der Waals surface area contributed by atoms with Crippen molar-refractivity contribution >= 4 is 11.8 Å². The lowest BCUT2D eigenvalue weighted by Gasteiger charge is -2.19. The maximum absolute atomic E-state index is 5.09. The maximum atomic E-state index is 5.09. The average Bonchev–Trinajstić information content (AvgIpc) is 2.46. The number of ether oxygens (including phenoxy) is 1. The van der Waals surface area contributed by atoms with Crippen LogP contribution in [0.3, 0.4) is 0 Å². The number of benzene rings is 1. The highest BCUT2D eigenvalue weighted by molar-refractivity contribution is 7.98. The Hall–Kier alpha value is -0.510. The largest absolute Gasteiger partial charge is 0.383 e. The van der Waals surface area contributed by atoms with Crippen molar-refractivity contribution in [3.8, 4) is 0 Å². The SMILES string of the molecule is COCCNCC(CCCSC)Cc1ccccc1C. The van der Waals surface area contributed by atoms with Gasteiger partial charge in [0.25, 0.3) is 0 Å². The maximum Gasteiger partial charge on any atom is 0.0587 e. The number of methoxy groups -OCH3 is 1. The van der Waals surface area contributed by atoms with E-state index in [0.717, 1.165) is 25.6 Å². The quantitative estimate of drug-likeness (QED) is 0.631. The molecule has 1 atom stereocenters. The van der Waals surface area contributed by atoms with Crippen molar-refractivity contribution in [1.82, 2.24) is 5.32 Å². The Kier molecular flexibility index (Phi) is 9.81. The molecule has 0 aliphatic heterocycles. The fraction of sp³-hybridized carbons (Fsp3) is 0.647. The second kappa shape index (κ2) is 11.2. The van der Waals surface area contributed by atoms with E-state index in [9.17, 15) is 0 Å². The van der Waals surface area contributed by atoms with Crippen LogP contribution in [0.15, 0.2) is 24.3 Å².